The average Bonchev–Trinajstić information content (AvgIpc) is 2.97. The Morgan fingerprint density at radius 1 is 0.927 bits per heavy atom. The number of anilines is 5. The average molecular weight is 576 g/mol. The van der Waals surface area contributed by atoms with Gasteiger partial charge in [0.2, 0.25) is 5.91 Å². The van der Waals surface area contributed by atoms with Gasteiger partial charge in [0.05, 0.1) is 30.9 Å². The first kappa shape index (κ1) is 28.3. The van der Waals surface area contributed by atoms with Crippen LogP contribution in [0.5, 0.6) is 11.5 Å². The predicted molar refractivity (Wildman–Crippen MR) is 162 cm³/mol. The van der Waals surface area contributed by atoms with E-state index < -0.39 is 11.3 Å². The molecule has 1 heterocycles. The Kier molecular flexibility index (Phi) is 8.95. The minimum absolute atomic E-state index is 0.0643. The number of rotatable bonds is 10. The number of carbonyl (C=O) groups is 1. The van der Waals surface area contributed by atoms with E-state index in [-0.39, 0.29) is 17.5 Å². The first-order chi connectivity index (χ1) is 19.9. The Hall–Kier alpha value is -4.22. The van der Waals surface area contributed by atoms with Crippen LogP contribution in [0.1, 0.15) is 38.5 Å². The van der Waals surface area contributed by atoms with E-state index in [1.165, 1.54) is 6.42 Å². The second-order valence-corrected chi connectivity index (χ2v) is 10.8. The van der Waals surface area contributed by atoms with Crippen molar-refractivity contribution < 1.29 is 23.0 Å². The van der Waals surface area contributed by atoms with Gasteiger partial charge in [-0.2, -0.15) is 0 Å². The minimum atomic E-state index is -2.53. The Balaban J connectivity index is 1.50. The van der Waals surface area contributed by atoms with E-state index in [4.69, 9.17) is 19.4 Å². The number of hydrogen-bond donors (Lipinski definition) is 3. The van der Waals surface area contributed by atoms with Gasteiger partial charge in [-0.05, 0) is 49.1 Å². The minimum Gasteiger partial charge on any atom is -0.497 e. The van der Waals surface area contributed by atoms with Gasteiger partial charge in [0.1, 0.15) is 11.5 Å². The summed E-state index contributed by atoms with van der Waals surface area (Å²) in [6.45, 7) is 0. The normalized spacial score (nSPS) is 14.3. The van der Waals surface area contributed by atoms with Crippen LogP contribution in [-0.4, -0.2) is 38.9 Å². The maximum atomic E-state index is 12.9. The lowest BCUT2D eigenvalue weighted by Crippen LogP contribution is -2.23. The van der Waals surface area contributed by atoms with E-state index in [0.717, 1.165) is 30.0 Å². The zero-order valence-corrected chi connectivity index (χ0v) is 23.8. The molecule has 1 fully saturated rings. The molecule has 214 valence electrons. The summed E-state index contributed by atoms with van der Waals surface area (Å²) in [7, 11) is 3.11. The summed E-state index contributed by atoms with van der Waals surface area (Å²) in [4.78, 5) is 22.2. The van der Waals surface area contributed by atoms with E-state index in [0.29, 0.717) is 51.9 Å². The van der Waals surface area contributed by atoms with Crippen molar-refractivity contribution in [1.29, 1.82) is 0 Å². The lowest BCUT2D eigenvalue weighted by Gasteiger charge is -2.23. The van der Waals surface area contributed by atoms with Gasteiger partial charge in [0, 0.05) is 36.0 Å². The molecule has 1 atom stereocenters. The van der Waals surface area contributed by atoms with Crippen molar-refractivity contribution in [2.24, 2.45) is 5.92 Å². The third-order valence-corrected chi connectivity index (χ3v) is 7.77. The fourth-order valence-electron chi connectivity index (χ4n) is 5.09. The van der Waals surface area contributed by atoms with Gasteiger partial charge in [-0.15, -0.1) is 0 Å². The highest BCUT2D eigenvalue weighted by atomic mass is 32.2. The number of carbonyl (C=O) groups excluding carboxylic acids is 1. The van der Waals surface area contributed by atoms with Gasteiger partial charge in [0.15, 0.2) is 11.6 Å². The van der Waals surface area contributed by atoms with Crippen LogP contribution >= 0.6 is 0 Å². The van der Waals surface area contributed by atoms with Gasteiger partial charge in [-0.1, -0.05) is 37.5 Å². The molecule has 0 aliphatic heterocycles. The Labute approximate surface area is 241 Å². The van der Waals surface area contributed by atoms with Gasteiger partial charge in [-0.25, -0.2) is 18.5 Å². The summed E-state index contributed by atoms with van der Waals surface area (Å²) in [6, 6.07) is 19.3. The quantitative estimate of drug-likeness (QED) is 0.181. The van der Waals surface area contributed by atoms with Crippen LogP contribution in [-0.2, 0) is 16.1 Å². The third-order valence-electron chi connectivity index (χ3n) is 7.08. The number of amides is 1. The number of aromatic nitrogens is 2. The van der Waals surface area contributed by atoms with E-state index in [1.807, 2.05) is 18.2 Å². The molecule has 1 saturated carbocycles. The summed E-state index contributed by atoms with van der Waals surface area (Å²) in [5.41, 5.74) is 2.61. The summed E-state index contributed by atoms with van der Waals surface area (Å²) in [5, 5.41) is 6.18. The smallest absolute Gasteiger partial charge is 0.268 e. The van der Waals surface area contributed by atoms with Crippen LogP contribution in [0.4, 0.5) is 28.7 Å². The number of fused-ring (bicyclic) bond motifs is 1. The first-order valence-corrected chi connectivity index (χ1v) is 14.6. The molecule has 1 aromatic heterocycles. The molecule has 11 heteroatoms. The standard InChI is InChI=1S/C30H33N5O5S/c1-39-24-17-22(18-25(19-24)40-2)32-29-30(34-27-14-7-6-13-26(27)33-29)35(41(37)38)23-12-8-11-21(16-23)31-28(36)15-20-9-4-3-5-10-20/h6-8,11-14,16-20H,3-5,9-10,15H2,1-2H3,(H,31,36)(H,32,33)(H,37,38). The van der Waals surface area contributed by atoms with Crippen molar-refractivity contribution in [1.82, 2.24) is 9.97 Å². The van der Waals surface area contributed by atoms with Gasteiger partial charge in [-0.3, -0.25) is 9.35 Å². The molecule has 5 rings (SSSR count). The van der Waals surface area contributed by atoms with Crippen LogP contribution in [0.3, 0.4) is 0 Å². The third kappa shape index (κ3) is 6.93. The SMILES string of the molecule is COc1cc(Nc2nc3ccccc3nc2N(c2cccc(NC(=O)CC3CCCCC3)c2)S(=O)O)cc(OC)c1. The number of nitrogens with one attached hydrogen (secondary N) is 2. The number of methoxy groups -OCH3 is 2. The van der Waals surface area contributed by atoms with Gasteiger partial charge in [0.25, 0.3) is 11.3 Å². The number of para-hydroxylation sites is 2. The molecule has 3 N–H and O–H groups in total. The Morgan fingerprint density at radius 3 is 2.27 bits per heavy atom. The summed E-state index contributed by atoms with van der Waals surface area (Å²) < 4.78 is 35.3. The molecule has 1 amide bonds. The fraction of sp³-hybridized carbons (Fsp3) is 0.300. The fourth-order valence-corrected chi connectivity index (χ4v) is 5.66. The zero-order valence-electron chi connectivity index (χ0n) is 23.0. The highest BCUT2D eigenvalue weighted by Gasteiger charge is 2.24. The van der Waals surface area contributed by atoms with Gasteiger partial charge < -0.3 is 20.1 Å². The summed E-state index contributed by atoms with van der Waals surface area (Å²) >= 11 is -2.53. The maximum Gasteiger partial charge on any atom is 0.268 e. The Bertz CT molecular complexity index is 1540. The van der Waals surface area contributed by atoms with Crippen LogP contribution in [0.25, 0.3) is 11.0 Å². The molecule has 10 nitrogen and oxygen atoms in total. The molecule has 0 saturated heterocycles. The van der Waals surface area contributed by atoms with Crippen LogP contribution in [0.15, 0.2) is 66.7 Å². The molecule has 1 aliphatic rings. The highest BCUT2D eigenvalue weighted by Crippen LogP contribution is 2.36. The number of hydrogen-bond acceptors (Lipinski definition) is 7. The zero-order chi connectivity index (χ0) is 28.8. The van der Waals surface area contributed by atoms with Crippen LogP contribution in [0.2, 0.25) is 0 Å². The summed E-state index contributed by atoms with van der Waals surface area (Å²) in [5.74, 6) is 1.81. The number of ether oxygens (including phenoxy) is 2. The molecule has 1 aliphatic carbocycles. The second kappa shape index (κ2) is 13.0. The van der Waals surface area contributed by atoms with Crippen molar-refractivity contribution in [3.63, 3.8) is 0 Å². The molecular formula is C30H33N5O5S. The second-order valence-electron chi connectivity index (χ2n) is 9.94. The molecular weight excluding hydrogens is 542 g/mol. The van der Waals surface area contributed by atoms with Gasteiger partial charge >= 0.3 is 0 Å². The molecule has 4 aromatic rings. The molecule has 0 radical (unpaired) electrons. The number of nitrogens with zero attached hydrogens (tertiary/aromatic N) is 3. The molecule has 41 heavy (non-hydrogen) atoms. The predicted octanol–water partition coefficient (Wildman–Crippen LogP) is 6.57. The lowest BCUT2D eigenvalue weighted by atomic mass is 9.87. The first-order valence-electron chi connectivity index (χ1n) is 13.5. The largest absolute Gasteiger partial charge is 0.497 e. The van der Waals surface area contributed by atoms with E-state index in [9.17, 15) is 13.6 Å². The molecule has 0 bridgehead atoms. The van der Waals surface area contributed by atoms with Crippen molar-refractivity contribution in [2.45, 2.75) is 38.5 Å². The van der Waals surface area contributed by atoms with Crippen LogP contribution in [0, 0.1) is 5.92 Å². The maximum absolute atomic E-state index is 12.9. The van der Waals surface area contributed by atoms with Crippen molar-refractivity contribution in [3.05, 3.63) is 66.7 Å². The summed E-state index contributed by atoms with van der Waals surface area (Å²) in [6.07, 6.45) is 6.16. The molecule has 3 aromatic carbocycles. The molecule has 1 unspecified atom stereocenters. The Morgan fingerprint density at radius 2 is 1.61 bits per heavy atom. The highest BCUT2D eigenvalue weighted by molar-refractivity contribution is 7.81. The van der Waals surface area contributed by atoms with E-state index in [2.05, 4.69) is 10.6 Å². The van der Waals surface area contributed by atoms with Crippen molar-refractivity contribution >= 4 is 56.9 Å². The lowest BCUT2D eigenvalue weighted by molar-refractivity contribution is -0.117. The van der Waals surface area contributed by atoms with Crippen molar-refractivity contribution in [2.75, 3.05) is 29.2 Å². The van der Waals surface area contributed by atoms with Crippen molar-refractivity contribution in [3.8, 4) is 11.5 Å². The topological polar surface area (TPSA) is 126 Å². The van der Waals surface area contributed by atoms with E-state index in [1.54, 1.807) is 62.8 Å². The number of benzene rings is 3. The molecule has 0 spiro atoms. The van der Waals surface area contributed by atoms with Crippen LogP contribution < -0.4 is 24.4 Å². The monoisotopic (exact) mass is 575 g/mol. The van der Waals surface area contributed by atoms with E-state index >= 15 is 0 Å².